The summed E-state index contributed by atoms with van der Waals surface area (Å²) in [5.74, 6) is 0.114. The molecule has 4 N–H and O–H groups in total. The number of para-hydroxylation sites is 1. The Bertz CT molecular complexity index is 704. The van der Waals surface area contributed by atoms with Crippen molar-refractivity contribution in [3.8, 4) is 5.75 Å². The summed E-state index contributed by atoms with van der Waals surface area (Å²) >= 11 is 5.97. The Balaban J connectivity index is 1.66. The zero-order chi connectivity index (χ0) is 17.4. The molecule has 3 amide bonds. The maximum atomic E-state index is 11.7. The van der Waals surface area contributed by atoms with E-state index in [2.05, 4.69) is 10.6 Å². The summed E-state index contributed by atoms with van der Waals surface area (Å²) in [6.07, 6.45) is 0.638. The second-order valence-electron chi connectivity index (χ2n) is 4.95. The van der Waals surface area contributed by atoms with Gasteiger partial charge in [0.05, 0.1) is 11.6 Å². The maximum absolute atomic E-state index is 11.7. The highest BCUT2D eigenvalue weighted by Crippen LogP contribution is 2.22. The Kier molecular flexibility index (Phi) is 6.45. The summed E-state index contributed by atoms with van der Waals surface area (Å²) in [5, 5.41) is 5.93. The maximum Gasteiger partial charge on any atom is 0.319 e. The Hall–Kier alpha value is -2.73. The van der Waals surface area contributed by atoms with Crippen LogP contribution in [0.2, 0.25) is 5.02 Å². The number of ether oxygens (including phenoxy) is 1. The number of hydrogen-bond donors (Lipinski definition) is 3. The molecule has 24 heavy (non-hydrogen) atoms. The molecule has 126 valence electrons. The van der Waals surface area contributed by atoms with E-state index in [4.69, 9.17) is 22.1 Å². The van der Waals surface area contributed by atoms with E-state index in [-0.39, 0.29) is 6.03 Å². The van der Waals surface area contributed by atoms with Crippen LogP contribution in [0, 0.1) is 0 Å². The van der Waals surface area contributed by atoms with Crippen LogP contribution >= 0.6 is 11.6 Å². The number of hydrogen-bond acceptors (Lipinski definition) is 3. The molecular weight excluding hydrogens is 330 g/mol. The van der Waals surface area contributed by atoms with Gasteiger partial charge in [-0.2, -0.15) is 0 Å². The van der Waals surface area contributed by atoms with Gasteiger partial charge < -0.3 is 21.1 Å². The van der Waals surface area contributed by atoms with Crippen molar-refractivity contribution in [1.82, 2.24) is 5.32 Å². The number of nitrogens with two attached hydrogens (primary N) is 1. The smallest absolute Gasteiger partial charge is 0.319 e. The predicted molar refractivity (Wildman–Crippen MR) is 93.5 cm³/mol. The third kappa shape index (κ3) is 5.48. The van der Waals surface area contributed by atoms with E-state index in [0.717, 1.165) is 0 Å². The van der Waals surface area contributed by atoms with Crippen LogP contribution in [0.5, 0.6) is 5.75 Å². The molecule has 0 aliphatic heterocycles. The minimum Gasteiger partial charge on any atom is -0.492 e. The van der Waals surface area contributed by atoms with Crippen molar-refractivity contribution in [1.29, 1.82) is 0 Å². The fourth-order valence-electron chi connectivity index (χ4n) is 1.91. The highest BCUT2D eigenvalue weighted by atomic mass is 35.5. The first-order valence-electron chi connectivity index (χ1n) is 7.38. The second-order valence-corrected chi connectivity index (χ2v) is 5.36. The third-order valence-electron chi connectivity index (χ3n) is 3.13. The number of carbonyl (C=O) groups excluding carboxylic acids is 2. The molecule has 2 aromatic carbocycles. The average molecular weight is 348 g/mol. The Morgan fingerprint density at radius 1 is 1.08 bits per heavy atom. The van der Waals surface area contributed by atoms with Crippen LogP contribution in [0.15, 0.2) is 48.5 Å². The quantitative estimate of drug-likeness (QED) is 0.672. The SMILES string of the molecule is NC(=O)c1ccc(NC(=O)NCCCOc2ccccc2Cl)cc1. The van der Waals surface area contributed by atoms with Gasteiger partial charge in [0, 0.05) is 17.8 Å². The number of halogens is 1. The molecule has 0 radical (unpaired) electrons. The van der Waals surface area contributed by atoms with Crippen LogP contribution < -0.4 is 21.1 Å². The lowest BCUT2D eigenvalue weighted by Gasteiger charge is -2.09. The highest BCUT2D eigenvalue weighted by molar-refractivity contribution is 6.32. The van der Waals surface area contributed by atoms with Crippen molar-refractivity contribution in [3.63, 3.8) is 0 Å². The first-order chi connectivity index (χ1) is 11.6. The van der Waals surface area contributed by atoms with E-state index in [1.807, 2.05) is 12.1 Å². The molecular formula is C17H18ClN3O3. The van der Waals surface area contributed by atoms with Crippen molar-refractivity contribution in [2.75, 3.05) is 18.5 Å². The standard InChI is InChI=1S/C17H18ClN3O3/c18-14-4-1-2-5-15(14)24-11-3-10-20-17(23)21-13-8-6-12(7-9-13)16(19)22/h1-2,4-9H,3,10-11H2,(H2,19,22)(H2,20,21,23). The van der Waals surface area contributed by atoms with Gasteiger partial charge in [-0.25, -0.2) is 4.79 Å². The van der Waals surface area contributed by atoms with Gasteiger partial charge in [-0.1, -0.05) is 23.7 Å². The number of urea groups is 1. The number of nitrogens with one attached hydrogen (secondary N) is 2. The summed E-state index contributed by atoms with van der Waals surface area (Å²) in [6, 6.07) is 13.2. The summed E-state index contributed by atoms with van der Waals surface area (Å²) in [6.45, 7) is 0.896. The molecule has 2 aromatic rings. The normalized spacial score (nSPS) is 10.0. The van der Waals surface area contributed by atoms with Crippen molar-refractivity contribution in [3.05, 3.63) is 59.1 Å². The molecule has 0 saturated heterocycles. The molecule has 0 spiro atoms. The first-order valence-corrected chi connectivity index (χ1v) is 7.76. The molecule has 7 heteroatoms. The largest absolute Gasteiger partial charge is 0.492 e. The van der Waals surface area contributed by atoms with Crippen LogP contribution in [0.25, 0.3) is 0 Å². The van der Waals surface area contributed by atoms with Crippen molar-refractivity contribution in [2.24, 2.45) is 5.73 Å². The molecule has 0 atom stereocenters. The number of anilines is 1. The number of primary amides is 1. The minimum atomic E-state index is -0.510. The molecule has 0 bridgehead atoms. The second kappa shape index (κ2) is 8.79. The number of rotatable bonds is 7. The third-order valence-corrected chi connectivity index (χ3v) is 3.44. The lowest BCUT2D eigenvalue weighted by Crippen LogP contribution is -2.30. The van der Waals surface area contributed by atoms with Crippen molar-refractivity contribution >= 4 is 29.2 Å². The Morgan fingerprint density at radius 2 is 1.79 bits per heavy atom. The zero-order valence-electron chi connectivity index (χ0n) is 12.9. The number of amides is 3. The molecule has 2 rings (SSSR count). The first kappa shape index (κ1) is 17.6. The van der Waals surface area contributed by atoms with Crippen LogP contribution in [-0.4, -0.2) is 25.1 Å². The van der Waals surface area contributed by atoms with Gasteiger partial charge in [0.1, 0.15) is 5.75 Å². The van der Waals surface area contributed by atoms with Crippen LogP contribution in [-0.2, 0) is 0 Å². The molecule has 6 nitrogen and oxygen atoms in total. The summed E-state index contributed by atoms with van der Waals surface area (Å²) in [4.78, 5) is 22.7. The molecule has 0 fully saturated rings. The van der Waals surface area contributed by atoms with Gasteiger partial charge in [-0.05, 0) is 42.8 Å². The van der Waals surface area contributed by atoms with E-state index in [9.17, 15) is 9.59 Å². The van der Waals surface area contributed by atoms with Gasteiger partial charge in [0.2, 0.25) is 5.91 Å². The lowest BCUT2D eigenvalue weighted by atomic mass is 10.2. The van der Waals surface area contributed by atoms with Crippen LogP contribution in [0.4, 0.5) is 10.5 Å². The minimum absolute atomic E-state index is 0.334. The number of carbonyl (C=O) groups is 2. The molecule has 0 saturated carbocycles. The summed E-state index contributed by atoms with van der Waals surface area (Å²) in [7, 11) is 0. The van der Waals surface area contributed by atoms with Gasteiger partial charge >= 0.3 is 6.03 Å². The van der Waals surface area contributed by atoms with E-state index >= 15 is 0 Å². The van der Waals surface area contributed by atoms with Gasteiger partial charge in [-0.15, -0.1) is 0 Å². The zero-order valence-corrected chi connectivity index (χ0v) is 13.7. The summed E-state index contributed by atoms with van der Waals surface area (Å²) < 4.78 is 5.53. The molecule has 0 aliphatic carbocycles. The predicted octanol–water partition coefficient (Wildman–Crippen LogP) is 3.03. The topological polar surface area (TPSA) is 93.5 Å². The lowest BCUT2D eigenvalue weighted by molar-refractivity contribution is 0.100. The number of benzene rings is 2. The molecule has 0 aliphatic rings. The van der Waals surface area contributed by atoms with Crippen molar-refractivity contribution < 1.29 is 14.3 Å². The monoisotopic (exact) mass is 347 g/mol. The molecule has 0 heterocycles. The fraction of sp³-hybridized carbons (Fsp3) is 0.176. The average Bonchev–Trinajstić information content (AvgIpc) is 2.56. The van der Waals surface area contributed by atoms with E-state index < -0.39 is 5.91 Å². The van der Waals surface area contributed by atoms with Gasteiger partial charge in [0.15, 0.2) is 0 Å². The van der Waals surface area contributed by atoms with E-state index in [1.54, 1.807) is 36.4 Å². The highest BCUT2D eigenvalue weighted by Gasteiger charge is 2.04. The van der Waals surface area contributed by atoms with Crippen LogP contribution in [0.3, 0.4) is 0 Å². The van der Waals surface area contributed by atoms with E-state index in [0.29, 0.717) is 41.6 Å². The van der Waals surface area contributed by atoms with Crippen LogP contribution in [0.1, 0.15) is 16.8 Å². The Morgan fingerprint density at radius 3 is 2.46 bits per heavy atom. The summed E-state index contributed by atoms with van der Waals surface area (Å²) in [5.41, 5.74) is 6.11. The van der Waals surface area contributed by atoms with Gasteiger partial charge in [-0.3, -0.25) is 4.79 Å². The van der Waals surface area contributed by atoms with Crippen molar-refractivity contribution in [2.45, 2.75) is 6.42 Å². The fourth-order valence-corrected chi connectivity index (χ4v) is 2.10. The van der Waals surface area contributed by atoms with Gasteiger partial charge in [0.25, 0.3) is 0 Å². The molecule has 0 unspecified atom stereocenters. The van der Waals surface area contributed by atoms with E-state index in [1.165, 1.54) is 0 Å². The Labute approximate surface area is 144 Å². The molecule has 0 aromatic heterocycles.